The van der Waals surface area contributed by atoms with Gasteiger partial charge in [-0.2, -0.15) is 0 Å². The van der Waals surface area contributed by atoms with E-state index < -0.39 is 11.8 Å². The van der Waals surface area contributed by atoms with Gasteiger partial charge in [-0.3, -0.25) is 20.4 Å². The highest BCUT2D eigenvalue weighted by Gasteiger charge is 2.14. The Kier molecular flexibility index (Phi) is 5.89. The number of halogens is 1. The molecule has 2 aromatic heterocycles. The molecule has 2 heterocycles. The predicted molar refractivity (Wildman–Crippen MR) is 112 cm³/mol. The van der Waals surface area contributed by atoms with E-state index in [1.165, 1.54) is 24.3 Å². The molecule has 0 aliphatic carbocycles. The Morgan fingerprint density at radius 2 is 1.74 bits per heavy atom. The first kappa shape index (κ1) is 20.1. The molecular formula is C23H19FN4O3. The third-order valence-electron chi connectivity index (χ3n) is 4.51. The van der Waals surface area contributed by atoms with Crippen LogP contribution in [-0.4, -0.2) is 21.2 Å². The van der Waals surface area contributed by atoms with E-state index in [1.54, 1.807) is 24.3 Å². The summed E-state index contributed by atoms with van der Waals surface area (Å²) in [6.45, 7) is 0.183. The van der Waals surface area contributed by atoms with Crippen LogP contribution in [-0.2, 0) is 17.8 Å². The number of amides is 2. The molecule has 2 amide bonds. The Labute approximate surface area is 177 Å². The number of aromatic nitrogens is 2. The summed E-state index contributed by atoms with van der Waals surface area (Å²) in [6.07, 6.45) is 3.75. The zero-order valence-corrected chi connectivity index (χ0v) is 16.4. The molecule has 0 spiro atoms. The number of hydrogen-bond donors (Lipinski definition) is 2. The summed E-state index contributed by atoms with van der Waals surface area (Å²) in [7, 11) is 0. The second-order valence-corrected chi connectivity index (χ2v) is 6.79. The molecule has 0 aliphatic rings. The summed E-state index contributed by atoms with van der Waals surface area (Å²) in [5.41, 5.74) is 7.16. The van der Waals surface area contributed by atoms with Gasteiger partial charge in [0.15, 0.2) is 0 Å². The lowest BCUT2D eigenvalue weighted by atomic mass is 10.1. The summed E-state index contributed by atoms with van der Waals surface area (Å²) in [6, 6.07) is 18.0. The molecule has 2 aromatic carbocycles. The number of fused-ring (bicyclic) bond motifs is 1. The molecule has 0 bridgehead atoms. The maximum absolute atomic E-state index is 13.0. The van der Waals surface area contributed by atoms with Crippen molar-refractivity contribution in [2.45, 2.75) is 13.0 Å². The largest absolute Gasteiger partial charge is 0.486 e. The minimum absolute atomic E-state index is 0.00654. The maximum atomic E-state index is 13.0. The molecule has 0 aliphatic heterocycles. The van der Waals surface area contributed by atoms with Crippen molar-refractivity contribution in [2.24, 2.45) is 0 Å². The SMILES string of the molecule is O=C(Cc1ccc(F)cc1)NNC(=O)c1ccccc1OCc1cn2ccccc2n1. The van der Waals surface area contributed by atoms with Crippen LogP contribution in [0.15, 0.2) is 79.1 Å². The van der Waals surface area contributed by atoms with Gasteiger partial charge in [0.05, 0.1) is 17.7 Å². The number of imidazole rings is 1. The highest BCUT2D eigenvalue weighted by molar-refractivity contribution is 5.97. The summed E-state index contributed by atoms with van der Waals surface area (Å²) in [5.74, 6) is -0.955. The quantitative estimate of drug-likeness (QED) is 0.472. The molecule has 0 saturated carbocycles. The summed E-state index contributed by atoms with van der Waals surface area (Å²) in [4.78, 5) is 29.1. The van der Waals surface area contributed by atoms with Crippen LogP contribution in [0.25, 0.3) is 5.65 Å². The van der Waals surface area contributed by atoms with E-state index in [2.05, 4.69) is 15.8 Å². The molecule has 156 valence electrons. The monoisotopic (exact) mass is 418 g/mol. The van der Waals surface area contributed by atoms with E-state index in [4.69, 9.17) is 4.74 Å². The van der Waals surface area contributed by atoms with Gasteiger partial charge in [-0.1, -0.05) is 30.3 Å². The Hall–Kier alpha value is -4.20. The van der Waals surface area contributed by atoms with Crippen molar-refractivity contribution < 1.29 is 18.7 Å². The fraction of sp³-hybridized carbons (Fsp3) is 0.0870. The summed E-state index contributed by atoms with van der Waals surface area (Å²) >= 11 is 0. The average Bonchev–Trinajstić information content (AvgIpc) is 3.21. The second kappa shape index (κ2) is 9.08. The van der Waals surface area contributed by atoms with Crippen LogP contribution in [0.1, 0.15) is 21.6 Å². The van der Waals surface area contributed by atoms with Gasteiger partial charge >= 0.3 is 0 Å². The topological polar surface area (TPSA) is 84.7 Å². The molecule has 0 fully saturated rings. The summed E-state index contributed by atoms with van der Waals surface area (Å²) < 4.78 is 20.6. The molecular weight excluding hydrogens is 399 g/mol. The second-order valence-electron chi connectivity index (χ2n) is 6.79. The molecule has 8 heteroatoms. The number of para-hydroxylation sites is 1. The van der Waals surface area contributed by atoms with Gasteiger partial charge in [-0.15, -0.1) is 0 Å². The van der Waals surface area contributed by atoms with E-state index in [1.807, 2.05) is 35.0 Å². The third kappa shape index (κ3) is 5.05. The maximum Gasteiger partial charge on any atom is 0.273 e. The normalized spacial score (nSPS) is 10.6. The minimum atomic E-state index is -0.516. The van der Waals surface area contributed by atoms with Crippen molar-refractivity contribution in [2.75, 3.05) is 0 Å². The predicted octanol–water partition coefficient (Wildman–Crippen LogP) is 3.06. The van der Waals surface area contributed by atoms with E-state index in [-0.39, 0.29) is 24.4 Å². The molecule has 2 N–H and O–H groups in total. The van der Waals surface area contributed by atoms with Gasteiger partial charge < -0.3 is 9.14 Å². The van der Waals surface area contributed by atoms with E-state index >= 15 is 0 Å². The molecule has 0 unspecified atom stereocenters. The van der Waals surface area contributed by atoms with Crippen LogP contribution in [0.4, 0.5) is 4.39 Å². The highest BCUT2D eigenvalue weighted by atomic mass is 19.1. The van der Waals surface area contributed by atoms with Crippen molar-refractivity contribution in [1.82, 2.24) is 20.2 Å². The number of carbonyl (C=O) groups is 2. The van der Waals surface area contributed by atoms with Gasteiger partial charge in [-0.25, -0.2) is 9.37 Å². The molecule has 0 radical (unpaired) electrons. The molecule has 4 aromatic rings. The molecule has 0 saturated heterocycles. The first-order valence-corrected chi connectivity index (χ1v) is 9.56. The van der Waals surface area contributed by atoms with Crippen LogP contribution >= 0.6 is 0 Å². The lowest BCUT2D eigenvalue weighted by molar-refractivity contribution is -0.121. The Balaban J connectivity index is 1.36. The zero-order chi connectivity index (χ0) is 21.6. The number of ether oxygens (including phenoxy) is 1. The molecule has 0 atom stereocenters. The Morgan fingerprint density at radius 3 is 2.55 bits per heavy atom. The zero-order valence-electron chi connectivity index (χ0n) is 16.4. The number of hydrazine groups is 1. The van der Waals surface area contributed by atoms with Crippen LogP contribution < -0.4 is 15.6 Å². The Bertz CT molecular complexity index is 1190. The van der Waals surface area contributed by atoms with Gasteiger partial charge in [-0.05, 0) is 42.0 Å². The third-order valence-corrected chi connectivity index (χ3v) is 4.51. The van der Waals surface area contributed by atoms with E-state index in [0.29, 0.717) is 17.0 Å². The van der Waals surface area contributed by atoms with Crippen molar-refractivity contribution in [3.8, 4) is 5.75 Å². The number of nitrogens with zero attached hydrogens (tertiary/aromatic N) is 2. The average molecular weight is 418 g/mol. The fourth-order valence-corrected chi connectivity index (χ4v) is 3.01. The number of benzene rings is 2. The van der Waals surface area contributed by atoms with Crippen LogP contribution in [0.3, 0.4) is 0 Å². The number of pyridine rings is 1. The van der Waals surface area contributed by atoms with E-state index in [9.17, 15) is 14.0 Å². The van der Waals surface area contributed by atoms with E-state index in [0.717, 1.165) is 5.65 Å². The molecule has 4 rings (SSSR count). The smallest absolute Gasteiger partial charge is 0.273 e. The highest BCUT2D eigenvalue weighted by Crippen LogP contribution is 2.19. The molecule has 31 heavy (non-hydrogen) atoms. The van der Waals surface area contributed by atoms with Gasteiger partial charge in [0, 0.05) is 12.4 Å². The van der Waals surface area contributed by atoms with Crippen LogP contribution in [0, 0.1) is 5.82 Å². The standard InChI is InChI=1S/C23H19FN4O3/c24-17-10-8-16(9-11-17)13-22(29)26-27-23(30)19-5-1-2-6-20(19)31-15-18-14-28-12-4-3-7-21(28)25-18/h1-12,14H,13,15H2,(H,26,29)(H,27,30). The van der Waals surface area contributed by atoms with Crippen molar-refractivity contribution in [3.05, 3.63) is 102 Å². The van der Waals surface area contributed by atoms with Crippen molar-refractivity contribution >= 4 is 17.5 Å². The van der Waals surface area contributed by atoms with Gasteiger partial charge in [0.25, 0.3) is 5.91 Å². The van der Waals surface area contributed by atoms with Crippen LogP contribution in [0.5, 0.6) is 5.75 Å². The first-order chi connectivity index (χ1) is 15.1. The number of carbonyl (C=O) groups excluding carboxylic acids is 2. The minimum Gasteiger partial charge on any atom is -0.486 e. The lowest BCUT2D eigenvalue weighted by Crippen LogP contribution is -2.42. The van der Waals surface area contributed by atoms with Crippen molar-refractivity contribution in [1.29, 1.82) is 0 Å². The first-order valence-electron chi connectivity index (χ1n) is 9.56. The van der Waals surface area contributed by atoms with Crippen molar-refractivity contribution in [3.63, 3.8) is 0 Å². The van der Waals surface area contributed by atoms with Gasteiger partial charge in [0.1, 0.15) is 23.8 Å². The number of nitrogens with one attached hydrogen (secondary N) is 2. The Morgan fingerprint density at radius 1 is 0.968 bits per heavy atom. The number of rotatable bonds is 6. The fourth-order valence-electron chi connectivity index (χ4n) is 3.01. The molecule has 7 nitrogen and oxygen atoms in total. The van der Waals surface area contributed by atoms with Crippen LogP contribution in [0.2, 0.25) is 0 Å². The van der Waals surface area contributed by atoms with Gasteiger partial charge in [0.2, 0.25) is 5.91 Å². The number of hydrogen-bond acceptors (Lipinski definition) is 4. The summed E-state index contributed by atoms with van der Waals surface area (Å²) in [5, 5.41) is 0. The lowest BCUT2D eigenvalue weighted by Gasteiger charge is -2.11.